The summed E-state index contributed by atoms with van der Waals surface area (Å²) in [5.74, 6) is -1.33. The Morgan fingerprint density at radius 2 is 0.971 bits per heavy atom. The van der Waals surface area contributed by atoms with E-state index in [4.69, 9.17) is 14.9 Å². The van der Waals surface area contributed by atoms with Crippen LogP contribution in [0.5, 0.6) is 17.2 Å². The van der Waals surface area contributed by atoms with Gasteiger partial charge in [0.25, 0.3) is 0 Å². The predicted octanol–water partition coefficient (Wildman–Crippen LogP) is 5.45. The molecule has 0 fully saturated rings. The predicted molar refractivity (Wildman–Crippen MR) is 127 cm³/mol. The molecule has 0 saturated heterocycles. The first-order valence-corrected chi connectivity index (χ1v) is 10.1. The van der Waals surface area contributed by atoms with Gasteiger partial charge in [-0.25, -0.2) is 9.59 Å². The molecule has 0 spiro atoms. The summed E-state index contributed by atoms with van der Waals surface area (Å²) in [5, 5.41) is 35.3. The molecule has 0 aliphatic heterocycles. The Balaban J connectivity index is 0.000000194. The van der Waals surface area contributed by atoms with Gasteiger partial charge in [-0.05, 0) is 29.8 Å². The normalized spacial score (nSPS) is 9.41. The lowest BCUT2D eigenvalue weighted by Crippen LogP contribution is -1.94. The number of carbonyl (C=O) groups is 2. The number of benzene rings is 4. The molecule has 0 heterocycles. The van der Waals surface area contributed by atoms with Crippen molar-refractivity contribution in [1.82, 2.24) is 0 Å². The molecule has 0 bridgehead atoms. The lowest BCUT2D eigenvalue weighted by Gasteiger charge is -2.07. The first kappa shape index (κ1) is 25.5. The highest BCUT2D eigenvalue weighted by Crippen LogP contribution is 2.26. The van der Waals surface area contributed by atoms with Crippen molar-refractivity contribution >= 4 is 11.9 Å². The molecule has 0 saturated carbocycles. The quantitative estimate of drug-likeness (QED) is 0.312. The van der Waals surface area contributed by atoms with Crippen molar-refractivity contribution < 1.29 is 34.8 Å². The number of hydrogen-bond acceptors (Lipinski definition) is 5. The van der Waals surface area contributed by atoms with Crippen molar-refractivity contribution in [1.29, 1.82) is 0 Å². The van der Waals surface area contributed by atoms with Crippen LogP contribution in [-0.2, 0) is 6.61 Å². The van der Waals surface area contributed by atoms with Crippen LogP contribution in [-0.4, -0.2) is 32.4 Å². The van der Waals surface area contributed by atoms with E-state index in [-0.39, 0.29) is 11.5 Å². The summed E-state index contributed by atoms with van der Waals surface area (Å²) in [6.07, 6.45) is 0. The number of ether oxygens (including phenoxy) is 1. The number of hydrogen-bond donors (Lipinski definition) is 4. The molecule has 7 heteroatoms. The van der Waals surface area contributed by atoms with Gasteiger partial charge in [-0.15, -0.1) is 0 Å². The standard InChI is InChI=1S/C13H12O3.2C7H6O2/c14-11-6-12(15)8-13(7-11)16-9-10-4-2-1-3-5-10;2*8-7(9)6-4-2-1-3-5-6/h1-8,14-15H,9H2;2*1-5H,(H,8,9). The molecule has 0 aliphatic carbocycles. The fourth-order valence-corrected chi connectivity index (χ4v) is 2.55. The van der Waals surface area contributed by atoms with Crippen LogP contribution >= 0.6 is 0 Å². The summed E-state index contributed by atoms with van der Waals surface area (Å²) in [7, 11) is 0. The molecule has 0 unspecified atom stereocenters. The Morgan fingerprint density at radius 1 is 0.588 bits per heavy atom. The highest BCUT2D eigenvalue weighted by Gasteiger charge is 2.00. The SMILES string of the molecule is O=C(O)c1ccccc1.O=C(O)c1ccccc1.Oc1cc(O)cc(OCc2ccccc2)c1. The number of phenols is 2. The highest BCUT2D eigenvalue weighted by atomic mass is 16.5. The highest BCUT2D eigenvalue weighted by molar-refractivity contribution is 5.87. The number of carboxylic acids is 2. The van der Waals surface area contributed by atoms with Gasteiger partial charge in [0.1, 0.15) is 23.9 Å². The van der Waals surface area contributed by atoms with Crippen molar-refractivity contribution in [2.75, 3.05) is 0 Å². The molecule has 0 atom stereocenters. The van der Waals surface area contributed by atoms with Gasteiger partial charge in [0.05, 0.1) is 11.1 Å². The Labute approximate surface area is 196 Å². The van der Waals surface area contributed by atoms with E-state index in [2.05, 4.69) is 0 Å². The van der Waals surface area contributed by atoms with E-state index in [1.807, 2.05) is 30.3 Å². The summed E-state index contributed by atoms with van der Waals surface area (Å²) < 4.78 is 5.43. The Morgan fingerprint density at radius 3 is 1.32 bits per heavy atom. The molecule has 0 amide bonds. The zero-order chi connectivity index (χ0) is 24.8. The van der Waals surface area contributed by atoms with Crippen LogP contribution in [0, 0.1) is 0 Å². The van der Waals surface area contributed by atoms with Gasteiger partial charge in [0.15, 0.2) is 0 Å². The van der Waals surface area contributed by atoms with E-state index in [1.54, 1.807) is 60.7 Å². The fourth-order valence-electron chi connectivity index (χ4n) is 2.55. The Kier molecular flexibility index (Phi) is 10.2. The zero-order valence-corrected chi connectivity index (χ0v) is 18.1. The van der Waals surface area contributed by atoms with E-state index >= 15 is 0 Å². The van der Waals surface area contributed by atoms with Crippen LogP contribution in [0.3, 0.4) is 0 Å². The minimum Gasteiger partial charge on any atom is -0.508 e. The zero-order valence-electron chi connectivity index (χ0n) is 18.1. The third-order valence-corrected chi connectivity index (χ3v) is 4.17. The number of rotatable bonds is 5. The number of aromatic hydroxyl groups is 2. The molecule has 7 nitrogen and oxygen atoms in total. The van der Waals surface area contributed by atoms with Gasteiger partial charge >= 0.3 is 11.9 Å². The van der Waals surface area contributed by atoms with E-state index in [0.29, 0.717) is 23.5 Å². The molecule has 0 aromatic heterocycles. The smallest absolute Gasteiger partial charge is 0.335 e. The minimum absolute atomic E-state index is 0.0111. The molecular formula is C27H24O7. The maximum Gasteiger partial charge on any atom is 0.335 e. The van der Waals surface area contributed by atoms with Crippen molar-refractivity contribution in [2.24, 2.45) is 0 Å². The second-order valence-corrected chi connectivity index (χ2v) is 6.80. The molecule has 174 valence electrons. The molecule has 34 heavy (non-hydrogen) atoms. The van der Waals surface area contributed by atoms with Gasteiger partial charge in [0, 0.05) is 18.2 Å². The second-order valence-electron chi connectivity index (χ2n) is 6.80. The van der Waals surface area contributed by atoms with Crippen LogP contribution in [0.25, 0.3) is 0 Å². The van der Waals surface area contributed by atoms with Crippen molar-refractivity contribution in [3.05, 3.63) is 126 Å². The Bertz CT molecular complexity index is 1090. The van der Waals surface area contributed by atoms with Gasteiger partial charge in [0.2, 0.25) is 0 Å². The molecule has 4 rings (SSSR count). The summed E-state index contributed by atoms with van der Waals surface area (Å²) in [4.78, 5) is 20.4. The van der Waals surface area contributed by atoms with E-state index < -0.39 is 11.9 Å². The fraction of sp³-hybridized carbons (Fsp3) is 0.0370. The molecule has 4 aromatic rings. The van der Waals surface area contributed by atoms with Gasteiger partial charge < -0.3 is 25.2 Å². The van der Waals surface area contributed by atoms with Crippen molar-refractivity contribution in [3.63, 3.8) is 0 Å². The van der Waals surface area contributed by atoms with Gasteiger partial charge in [-0.3, -0.25) is 0 Å². The van der Waals surface area contributed by atoms with Crippen molar-refractivity contribution in [2.45, 2.75) is 6.61 Å². The van der Waals surface area contributed by atoms with Crippen molar-refractivity contribution in [3.8, 4) is 17.2 Å². The van der Waals surface area contributed by atoms with Gasteiger partial charge in [-0.2, -0.15) is 0 Å². The lowest BCUT2D eigenvalue weighted by molar-refractivity contribution is 0.0686. The van der Waals surface area contributed by atoms with Crippen LogP contribution in [0.15, 0.2) is 109 Å². The monoisotopic (exact) mass is 460 g/mol. The summed E-state index contributed by atoms with van der Waals surface area (Å²) in [5.41, 5.74) is 1.69. The molecule has 0 radical (unpaired) electrons. The third kappa shape index (κ3) is 9.57. The van der Waals surface area contributed by atoms with Crippen LogP contribution in [0.2, 0.25) is 0 Å². The van der Waals surface area contributed by atoms with Crippen LogP contribution in [0.4, 0.5) is 0 Å². The third-order valence-electron chi connectivity index (χ3n) is 4.17. The summed E-state index contributed by atoms with van der Waals surface area (Å²) in [6.45, 7) is 0.406. The largest absolute Gasteiger partial charge is 0.508 e. The average Bonchev–Trinajstić information content (AvgIpc) is 2.85. The second kappa shape index (κ2) is 13.6. The molecular weight excluding hydrogens is 436 g/mol. The van der Waals surface area contributed by atoms with Gasteiger partial charge in [-0.1, -0.05) is 66.7 Å². The first-order chi connectivity index (χ1) is 16.3. The number of phenolic OH excluding ortho intramolecular Hbond substituents is 2. The number of carboxylic acid groups (broad SMARTS) is 2. The Hall–Kier alpha value is -4.78. The van der Waals surface area contributed by atoms with E-state index in [1.165, 1.54) is 18.2 Å². The van der Waals surface area contributed by atoms with Crippen LogP contribution < -0.4 is 4.74 Å². The van der Waals surface area contributed by atoms with E-state index in [9.17, 15) is 19.8 Å². The molecule has 0 aliphatic rings. The van der Waals surface area contributed by atoms with E-state index in [0.717, 1.165) is 5.56 Å². The minimum atomic E-state index is -0.879. The average molecular weight is 460 g/mol. The lowest BCUT2D eigenvalue weighted by atomic mass is 10.2. The van der Waals surface area contributed by atoms with Crippen LogP contribution in [0.1, 0.15) is 26.3 Å². The summed E-state index contributed by atoms with van der Waals surface area (Å²) >= 11 is 0. The number of aromatic carboxylic acids is 2. The first-order valence-electron chi connectivity index (χ1n) is 10.1. The maximum atomic E-state index is 10.2. The molecule has 4 aromatic carbocycles. The summed E-state index contributed by atoms with van der Waals surface area (Å²) in [6, 6.07) is 30.5. The maximum absolute atomic E-state index is 10.2. The topological polar surface area (TPSA) is 124 Å². The molecule has 4 N–H and O–H groups in total.